The van der Waals surface area contributed by atoms with Crippen LogP contribution in [-0.2, 0) is 12.8 Å². The van der Waals surface area contributed by atoms with Gasteiger partial charge in [0, 0.05) is 16.2 Å². The van der Waals surface area contributed by atoms with E-state index in [2.05, 4.69) is 50.9 Å². The van der Waals surface area contributed by atoms with Gasteiger partial charge in [-0.3, -0.25) is 0 Å². The standard InChI is InChI=1S/C28H35Br2F9S2/c1-2-3-4-5-8-12-15-20-17-21(40-24(20)30)23-19(18-22(29)41-23)14-11-9-6-7-10-13-16-25(31,32)26(33,34)27(35,36)28(37,38)39/h17-18H,2-16H2,1H3. The van der Waals surface area contributed by atoms with Gasteiger partial charge in [0.15, 0.2) is 0 Å². The van der Waals surface area contributed by atoms with Crippen molar-refractivity contribution in [3.8, 4) is 9.75 Å². The second-order valence-electron chi connectivity index (χ2n) is 10.3. The van der Waals surface area contributed by atoms with Crippen LogP contribution in [0.2, 0.25) is 0 Å². The second-order valence-corrected chi connectivity index (χ2v) is 15.1. The number of aryl methyl sites for hydroxylation is 2. The van der Waals surface area contributed by atoms with E-state index in [9.17, 15) is 39.5 Å². The Balaban J connectivity index is 1.78. The number of rotatable bonds is 19. The van der Waals surface area contributed by atoms with Crippen molar-refractivity contribution in [2.75, 3.05) is 0 Å². The molecule has 0 amide bonds. The lowest BCUT2D eigenvalue weighted by Gasteiger charge is -2.33. The van der Waals surface area contributed by atoms with Gasteiger partial charge in [-0.2, -0.15) is 39.5 Å². The number of unbranched alkanes of at least 4 members (excludes halogenated alkanes) is 10. The molecular weight excluding hydrogens is 731 g/mol. The van der Waals surface area contributed by atoms with Crippen LogP contribution in [0, 0.1) is 0 Å². The van der Waals surface area contributed by atoms with Crippen molar-refractivity contribution in [3.05, 3.63) is 30.8 Å². The highest BCUT2D eigenvalue weighted by atomic mass is 79.9. The monoisotopic (exact) mass is 764 g/mol. The summed E-state index contributed by atoms with van der Waals surface area (Å²) >= 11 is 10.6. The SMILES string of the molecule is CCCCCCCCc1cc(-c2sc(Br)cc2CCCCCCCCC(F)(F)C(F)(F)C(F)(F)C(F)(F)F)sc1Br. The molecule has 0 aliphatic carbocycles. The Morgan fingerprint density at radius 2 is 1.12 bits per heavy atom. The Bertz CT molecular complexity index is 1060. The highest BCUT2D eigenvalue weighted by molar-refractivity contribution is 9.11. The van der Waals surface area contributed by atoms with E-state index in [4.69, 9.17) is 0 Å². The maximum absolute atomic E-state index is 13.6. The van der Waals surface area contributed by atoms with Crippen molar-refractivity contribution < 1.29 is 39.5 Å². The van der Waals surface area contributed by atoms with Crippen molar-refractivity contribution in [1.29, 1.82) is 0 Å². The minimum atomic E-state index is -6.81. The lowest BCUT2D eigenvalue weighted by Crippen LogP contribution is -2.60. The van der Waals surface area contributed by atoms with Crippen LogP contribution in [0.3, 0.4) is 0 Å². The lowest BCUT2D eigenvalue weighted by molar-refractivity contribution is -0.396. The zero-order valence-corrected chi connectivity index (χ0v) is 27.5. The van der Waals surface area contributed by atoms with Gasteiger partial charge in [-0.25, -0.2) is 0 Å². The molecule has 0 nitrogen and oxygen atoms in total. The molecule has 2 rings (SSSR count). The van der Waals surface area contributed by atoms with Gasteiger partial charge in [0.1, 0.15) is 0 Å². The molecule has 2 aromatic heterocycles. The molecule has 0 bridgehead atoms. The van der Waals surface area contributed by atoms with Crippen LogP contribution < -0.4 is 0 Å². The van der Waals surface area contributed by atoms with Gasteiger partial charge in [0.2, 0.25) is 0 Å². The molecule has 0 saturated carbocycles. The van der Waals surface area contributed by atoms with Gasteiger partial charge in [-0.1, -0.05) is 64.7 Å². The summed E-state index contributed by atoms with van der Waals surface area (Å²) in [6.07, 6.45) is 2.71. The first kappa shape index (κ1) is 36.9. The number of halogens is 11. The van der Waals surface area contributed by atoms with Gasteiger partial charge in [0.25, 0.3) is 0 Å². The number of hydrogen-bond acceptors (Lipinski definition) is 2. The molecule has 13 heteroatoms. The first-order chi connectivity index (χ1) is 19.0. The van der Waals surface area contributed by atoms with Crippen LogP contribution in [0.25, 0.3) is 9.75 Å². The van der Waals surface area contributed by atoms with Crippen molar-refractivity contribution in [3.63, 3.8) is 0 Å². The molecule has 0 unspecified atom stereocenters. The van der Waals surface area contributed by atoms with Crippen LogP contribution in [-0.4, -0.2) is 23.9 Å². The average Bonchev–Trinajstić information content (AvgIpc) is 3.43. The minimum Gasteiger partial charge on any atom is -0.200 e. The highest BCUT2D eigenvalue weighted by Gasteiger charge is 2.81. The van der Waals surface area contributed by atoms with E-state index < -0.39 is 36.8 Å². The molecule has 0 atom stereocenters. The molecule has 2 aromatic rings. The van der Waals surface area contributed by atoms with E-state index in [0.717, 1.165) is 39.7 Å². The molecule has 236 valence electrons. The summed E-state index contributed by atoms with van der Waals surface area (Å²) in [7, 11) is 0. The minimum absolute atomic E-state index is 0.0309. The summed E-state index contributed by atoms with van der Waals surface area (Å²) < 4.78 is 119. The molecule has 0 aliphatic heterocycles. The quantitative estimate of drug-likeness (QED) is 0.0987. The molecule has 0 N–H and O–H groups in total. The van der Waals surface area contributed by atoms with Gasteiger partial charge in [-0.05, 0) is 87.2 Å². The van der Waals surface area contributed by atoms with E-state index in [1.54, 1.807) is 22.7 Å². The highest BCUT2D eigenvalue weighted by Crippen LogP contribution is 2.54. The first-order valence-electron chi connectivity index (χ1n) is 13.8. The van der Waals surface area contributed by atoms with Gasteiger partial charge in [0.05, 0.1) is 7.57 Å². The molecule has 41 heavy (non-hydrogen) atoms. The normalized spacial score (nSPS) is 13.4. The summed E-state index contributed by atoms with van der Waals surface area (Å²) in [6, 6.07) is 4.33. The van der Waals surface area contributed by atoms with E-state index >= 15 is 0 Å². The molecule has 0 fully saturated rings. The molecule has 0 aromatic carbocycles. The Hall–Kier alpha value is -0.270. The maximum Gasteiger partial charge on any atom is 0.460 e. The Labute approximate surface area is 260 Å². The summed E-state index contributed by atoms with van der Waals surface area (Å²) in [4.78, 5) is 2.38. The fraction of sp³-hybridized carbons (Fsp3) is 0.714. The van der Waals surface area contributed by atoms with E-state index in [1.807, 2.05) is 0 Å². The predicted molar refractivity (Wildman–Crippen MR) is 157 cm³/mol. The Morgan fingerprint density at radius 3 is 1.68 bits per heavy atom. The Morgan fingerprint density at radius 1 is 0.610 bits per heavy atom. The van der Waals surface area contributed by atoms with E-state index in [0.29, 0.717) is 12.8 Å². The first-order valence-corrected chi connectivity index (χ1v) is 17.0. The summed E-state index contributed by atoms with van der Waals surface area (Å²) in [6.45, 7) is 2.20. The zero-order chi connectivity index (χ0) is 30.9. The predicted octanol–water partition coefficient (Wildman–Crippen LogP) is 13.6. The van der Waals surface area contributed by atoms with Crippen LogP contribution >= 0.6 is 54.5 Å². The Kier molecular flexibility index (Phi) is 14.6. The third-order valence-electron chi connectivity index (χ3n) is 6.96. The zero-order valence-electron chi connectivity index (χ0n) is 22.7. The summed E-state index contributed by atoms with van der Waals surface area (Å²) in [5.74, 6) is -18.8. The third kappa shape index (κ3) is 10.1. The summed E-state index contributed by atoms with van der Waals surface area (Å²) in [5, 5.41) is 0. The molecular formula is C28H35Br2F9S2. The fourth-order valence-corrected chi connectivity index (χ4v) is 8.11. The number of hydrogen-bond donors (Lipinski definition) is 0. The maximum atomic E-state index is 13.6. The van der Waals surface area contributed by atoms with Crippen LogP contribution in [0.5, 0.6) is 0 Å². The van der Waals surface area contributed by atoms with Crippen molar-refractivity contribution >= 4 is 54.5 Å². The van der Waals surface area contributed by atoms with Crippen molar-refractivity contribution in [2.24, 2.45) is 0 Å². The number of alkyl halides is 9. The molecule has 0 radical (unpaired) electrons. The molecule has 2 heterocycles. The van der Waals surface area contributed by atoms with Gasteiger partial charge < -0.3 is 0 Å². The smallest absolute Gasteiger partial charge is 0.200 e. The topological polar surface area (TPSA) is 0 Å². The third-order valence-corrected chi connectivity index (χ3v) is 10.8. The van der Waals surface area contributed by atoms with Gasteiger partial charge in [-0.15, -0.1) is 22.7 Å². The fourth-order valence-electron chi connectivity index (χ4n) is 4.51. The van der Waals surface area contributed by atoms with Crippen molar-refractivity contribution in [1.82, 2.24) is 0 Å². The van der Waals surface area contributed by atoms with E-state index in [-0.39, 0.29) is 6.42 Å². The largest absolute Gasteiger partial charge is 0.460 e. The van der Waals surface area contributed by atoms with Gasteiger partial charge >= 0.3 is 23.9 Å². The summed E-state index contributed by atoms with van der Waals surface area (Å²) in [5.41, 5.74) is 2.50. The van der Waals surface area contributed by atoms with Crippen molar-refractivity contribution in [2.45, 2.75) is 127 Å². The molecule has 0 aliphatic rings. The van der Waals surface area contributed by atoms with Crippen LogP contribution in [0.1, 0.15) is 102 Å². The van der Waals surface area contributed by atoms with E-state index in [1.165, 1.54) is 53.0 Å². The molecule has 0 saturated heterocycles. The molecule has 0 spiro atoms. The lowest BCUT2D eigenvalue weighted by atomic mass is 9.97. The second kappa shape index (κ2) is 16.2. The number of thiophene rings is 2. The average molecular weight is 767 g/mol. The van der Waals surface area contributed by atoms with Crippen LogP contribution in [0.4, 0.5) is 39.5 Å². The van der Waals surface area contributed by atoms with Crippen LogP contribution in [0.15, 0.2) is 19.7 Å².